The van der Waals surface area contributed by atoms with E-state index in [9.17, 15) is 45.5 Å². The third-order valence-corrected chi connectivity index (χ3v) is 3.69. The lowest BCUT2D eigenvalue weighted by Crippen LogP contribution is -2.38. The number of cyclic esters (lactones) is 4. The van der Waals surface area contributed by atoms with E-state index in [4.69, 9.17) is 0 Å². The molecule has 2 aromatic carbocycles. The lowest BCUT2D eigenvalue weighted by molar-refractivity contribution is -0.286. The van der Waals surface area contributed by atoms with Crippen LogP contribution in [0.1, 0.15) is 41.4 Å². The summed E-state index contributed by atoms with van der Waals surface area (Å²) in [6.45, 7) is -2.70. The minimum Gasteiger partial charge on any atom is -0.386 e. The van der Waals surface area contributed by atoms with Crippen LogP contribution in [0.25, 0.3) is 0 Å². The average Bonchev–Trinajstić information content (AvgIpc) is 3.18. The number of halogens is 6. The number of alkyl halides is 6. The van der Waals surface area contributed by atoms with E-state index in [0.717, 1.165) is 0 Å². The molecular weight excluding hydrogens is 438 g/mol. The average molecular weight is 448 g/mol. The number of benzene rings is 2. The molecule has 2 aliphatic rings. The van der Waals surface area contributed by atoms with Crippen molar-refractivity contribution in [1.82, 2.24) is 0 Å². The van der Waals surface area contributed by atoms with Crippen LogP contribution < -0.4 is 0 Å². The molecule has 0 atom stereocenters. The monoisotopic (exact) mass is 448 g/mol. The van der Waals surface area contributed by atoms with Gasteiger partial charge in [-0.3, -0.25) is 0 Å². The van der Waals surface area contributed by atoms with Crippen molar-refractivity contribution in [2.45, 2.75) is 12.1 Å². The molecule has 0 aromatic heterocycles. The maximum atomic E-state index is 11.2. The highest BCUT2D eigenvalue weighted by molar-refractivity contribution is 6.15. The lowest BCUT2D eigenvalue weighted by Gasteiger charge is -2.14. The van der Waals surface area contributed by atoms with Crippen LogP contribution in [0.3, 0.4) is 0 Å². The Morgan fingerprint density at radius 2 is 0.839 bits per heavy atom. The molecule has 2 aromatic rings. The Labute approximate surface area is 169 Å². The van der Waals surface area contributed by atoms with Crippen molar-refractivity contribution in [1.29, 1.82) is 0 Å². The van der Waals surface area contributed by atoms with E-state index in [0.29, 0.717) is 22.3 Å². The molecule has 0 N–H and O–H groups in total. The number of carbonyl (C=O) groups excluding carboxylic acids is 4. The first kappa shape index (κ1) is 23.6. The molecule has 0 amide bonds. The molecule has 2 heterocycles. The molecule has 2 aliphatic heterocycles. The van der Waals surface area contributed by atoms with Crippen molar-refractivity contribution in [3.8, 4) is 0 Å². The zero-order chi connectivity index (χ0) is 23.4. The quantitative estimate of drug-likeness (QED) is 0.370. The van der Waals surface area contributed by atoms with Gasteiger partial charge >= 0.3 is 36.0 Å². The van der Waals surface area contributed by atoms with Crippen LogP contribution in [-0.4, -0.2) is 42.7 Å². The minimum absolute atomic E-state index is 0.359. The van der Waals surface area contributed by atoms with E-state index in [-0.39, 0.29) is 0 Å². The molecule has 0 saturated carbocycles. The topological polar surface area (TPSA) is 86.7 Å². The second kappa shape index (κ2) is 8.98. The predicted octanol–water partition coefficient (Wildman–Crippen LogP) is 4.15. The molecule has 4 rings (SSSR count). The third kappa shape index (κ3) is 5.27. The Balaban J connectivity index is 0.000000167. The SMILES string of the molecule is FCC(F)(F)C(F)(F)F.O=C1OC(=O)c2ccccc21.O=C1OC(=O)c2ccccc21. The standard InChI is InChI=1S/2C8H4O3.C3H2F6/c2*9-7-5-3-1-2-4-6(5)8(10)11-7;4-1-2(5,6)3(7,8)9/h2*1-4H;1H2. The molecule has 0 radical (unpaired) electrons. The lowest BCUT2D eigenvalue weighted by atomic mass is 10.1. The van der Waals surface area contributed by atoms with Crippen LogP contribution in [-0.2, 0) is 9.47 Å². The molecule has 6 nitrogen and oxygen atoms in total. The second-order valence-electron chi connectivity index (χ2n) is 5.78. The molecule has 0 saturated heterocycles. The van der Waals surface area contributed by atoms with E-state index >= 15 is 0 Å². The van der Waals surface area contributed by atoms with Gasteiger partial charge in [-0.05, 0) is 24.3 Å². The molecule has 12 heteroatoms. The van der Waals surface area contributed by atoms with E-state index in [2.05, 4.69) is 9.47 Å². The van der Waals surface area contributed by atoms with Gasteiger partial charge in [-0.2, -0.15) is 22.0 Å². The van der Waals surface area contributed by atoms with Gasteiger partial charge in [-0.15, -0.1) is 0 Å². The van der Waals surface area contributed by atoms with E-state index in [1.54, 1.807) is 48.5 Å². The summed E-state index contributed by atoms with van der Waals surface area (Å²) in [4.78, 5) is 43.3. The van der Waals surface area contributed by atoms with Gasteiger partial charge in [0.05, 0.1) is 22.3 Å². The molecule has 0 bridgehead atoms. The summed E-state index contributed by atoms with van der Waals surface area (Å²) < 4.78 is 74.4. The van der Waals surface area contributed by atoms with Crippen molar-refractivity contribution in [2.75, 3.05) is 6.67 Å². The first-order valence-electron chi connectivity index (χ1n) is 8.10. The van der Waals surface area contributed by atoms with Crippen molar-refractivity contribution in [2.24, 2.45) is 0 Å². The molecular formula is C19H10F6O6. The van der Waals surface area contributed by atoms with Crippen LogP contribution in [0.4, 0.5) is 26.3 Å². The number of hydrogen-bond donors (Lipinski definition) is 0. The molecule has 31 heavy (non-hydrogen) atoms. The normalized spacial score (nSPS) is 14.4. The smallest absolute Gasteiger partial charge is 0.386 e. The maximum absolute atomic E-state index is 11.2. The highest BCUT2D eigenvalue weighted by atomic mass is 19.4. The number of hydrogen-bond acceptors (Lipinski definition) is 6. The van der Waals surface area contributed by atoms with Crippen molar-refractivity contribution < 1.29 is 55.0 Å². The highest BCUT2D eigenvalue weighted by Crippen LogP contribution is 2.35. The van der Waals surface area contributed by atoms with Gasteiger partial charge in [0.1, 0.15) is 0 Å². The van der Waals surface area contributed by atoms with Crippen LogP contribution in [0, 0.1) is 0 Å². The summed E-state index contributed by atoms with van der Waals surface area (Å²) in [6.07, 6.45) is -5.76. The summed E-state index contributed by atoms with van der Waals surface area (Å²) in [7, 11) is 0. The first-order valence-corrected chi connectivity index (χ1v) is 8.10. The number of carbonyl (C=O) groups is 4. The van der Waals surface area contributed by atoms with Crippen molar-refractivity contribution >= 4 is 23.9 Å². The Morgan fingerprint density at radius 3 is 1.00 bits per heavy atom. The van der Waals surface area contributed by atoms with Crippen molar-refractivity contribution in [3.63, 3.8) is 0 Å². The van der Waals surface area contributed by atoms with Crippen molar-refractivity contribution in [3.05, 3.63) is 70.8 Å². The van der Waals surface area contributed by atoms with E-state index < -0.39 is 42.7 Å². The van der Waals surface area contributed by atoms with Gasteiger partial charge in [0.15, 0.2) is 6.67 Å². The van der Waals surface area contributed by atoms with Gasteiger partial charge in [-0.1, -0.05) is 24.3 Å². The minimum atomic E-state index is -5.76. The molecule has 0 unspecified atom stereocenters. The fourth-order valence-electron chi connectivity index (χ4n) is 2.14. The zero-order valence-corrected chi connectivity index (χ0v) is 15.0. The van der Waals surface area contributed by atoms with Crippen LogP contribution in [0.15, 0.2) is 48.5 Å². The van der Waals surface area contributed by atoms with E-state index in [1.165, 1.54) is 0 Å². The second-order valence-corrected chi connectivity index (χ2v) is 5.78. The summed E-state index contributed by atoms with van der Waals surface area (Å²) in [6, 6.07) is 13.1. The number of esters is 4. The van der Waals surface area contributed by atoms with Gasteiger partial charge in [0.2, 0.25) is 0 Å². The fourth-order valence-corrected chi connectivity index (χ4v) is 2.14. The summed E-state index contributed by atoms with van der Waals surface area (Å²) in [5.41, 5.74) is 1.44. The maximum Gasteiger partial charge on any atom is 0.456 e. The number of ether oxygens (including phenoxy) is 2. The first-order chi connectivity index (χ1) is 14.4. The van der Waals surface area contributed by atoms with Gasteiger partial charge in [0, 0.05) is 0 Å². The molecule has 0 spiro atoms. The molecule has 164 valence electrons. The Hall–Kier alpha value is -3.70. The fraction of sp³-hybridized carbons (Fsp3) is 0.158. The zero-order valence-electron chi connectivity index (χ0n) is 15.0. The van der Waals surface area contributed by atoms with Crippen LogP contribution in [0.2, 0.25) is 0 Å². The van der Waals surface area contributed by atoms with Gasteiger partial charge in [0.25, 0.3) is 0 Å². The number of rotatable bonds is 1. The van der Waals surface area contributed by atoms with Crippen LogP contribution in [0.5, 0.6) is 0 Å². The van der Waals surface area contributed by atoms with E-state index in [1.807, 2.05) is 0 Å². The largest absolute Gasteiger partial charge is 0.456 e. The summed E-state index contributed by atoms with van der Waals surface area (Å²) >= 11 is 0. The molecule has 0 aliphatic carbocycles. The Kier molecular flexibility index (Phi) is 6.83. The van der Waals surface area contributed by atoms with Gasteiger partial charge in [-0.25, -0.2) is 23.6 Å². The van der Waals surface area contributed by atoms with Crippen LogP contribution >= 0.6 is 0 Å². The third-order valence-electron chi connectivity index (χ3n) is 3.69. The summed E-state index contributed by atoms with van der Waals surface area (Å²) in [5.74, 6) is -7.39. The number of fused-ring (bicyclic) bond motifs is 2. The Morgan fingerprint density at radius 1 is 0.581 bits per heavy atom. The Bertz CT molecular complexity index is 895. The molecule has 0 fully saturated rings. The van der Waals surface area contributed by atoms with Gasteiger partial charge < -0.3 is 9.47 Å². The highest BCUT2D eigenvalue weighted by Gasteiger charge is 2.57. The predicted molar refractivity (Wildman–Crippen MR) is 89.4 cm³/mol. The summed E-state index contributed by atoms with van der Waals surface area (Å²) in [5, 5.41) is 0.